The molecule has 0 bridgehead atoms. The number of halogens is 2. The van der Waals surface area contributed by atoms with Gasteiger partial charge < -0.3 is 20.8 Å². The molecule has 1 aromatic carbocycles. The molecule has 3 aromatic rings. The van der Waals surface area contributed by atoms with E-state index in [9.17, 15) is 23.3 Å². The molecule has 0 aliphatic heterocycles. The van der Waals surface area contributed by atoms with Crippen molar-refractivity contribution in [3.63, 3.8) is 0 Å². The minimum Gasteiger partial charge on any atom is -0.394 e. The van der Waals surface area contributed by atoms with Crippen LogP contribution in [-0.4, -0.2) is 61.6 Å². The van der Waals surface area contributed by atoms with E-state index in [0.717, 1.165) is 3.97 Å². The maximum atomic E-state index is 13.5. The third-order valence-electron chi connectivity index (χ3n) is 4.65. The van der Waals surface area contributed by atoms with E-state index in [1.54, 1.807) is 7.05 Å². The fourth-order valence-corrected chi connectivity index (χ4v) is 3.29. The normalized spacial score (nSPS) is 13.1. The average molecular weight is 450 g/mol. The number of hydrogen-bond acceptors (Lipinski definition) is 8. The van der Waals surface area contributed by atoms with Crippen LogP contribution in [-0.2, 0) is 0 Å². The number of carbonyl (C=O) groups excluding carboxylic acids is 1. The SMILES string of the molecule is CNc1cc(F)ccc1C(=N)c1cnc2c(n1)c(C(=O)NC(CO)C(C)O)cn2SF. The Morgan fingerprint density at radius 3 is 2.74 bits per heavy atom. The first-order valence-electron chi connectivity index (χ1n) is 9.14. The summed E-state index contributed by atoms with van der Waals surface area (Å²) in [6.07, 6.45) is 1.42. The molecule has 2 atom stereocenters. The molecule has 2 aromatic heterocycles. The van der Waals surface area contributed by atoms with Gasteiger partial charge in [0.1, 0.15) is 17.0 Å². The van der Waals surface area contributed by atoms with Gasteiger partial charge in [0.25, 0.3) is 5.91 Å². The van der Waals surface area contributed by atoms with Crippen LogP contribution in [0.15, 0.2) is 30.6 Å². The standard InChI is InChI=1S/C19H20F2N6O3S/c1-9(29)15(8-28)26-19(30)12-7-27(31-21)18-17(12)25-14(6-24-18)16(22)11-4-3-10(20)5-13(11)23-2/h3-7,9,15,22-23,28-29H,8H2,1-2H3,(H,26,30). The fraction of sp³-hybridized carbons (Fsp3) is 0.263. The van der Waals surface area contributed by atoms with Crippen LogP contribution in [0, 0.1) is 11.2 Å². The van der Waals surface area contributed by atoms with Gasteiger partial charge in [0.05, 0.1) is 36.2 Å². The molecule has 2 unspecified atom stereocenters. The van der Waals surface area contributed by atoms with Gasteiger partial charge in [0, 0.05) is 24.5 Å². The Kier molecular flexibility index (Phi) is 6.83. The molecule has 0 spiro atoms. The molecule has 0 radical (unpaired) electrons. The van der Waals surface area contributed by atoms with Crippen LogP contribution in [0.2, 0.25) is 0 Å². The molecular weight excluding hydrogens is 430 g/mol. The Bertz CT molecular complexity index is 1140. The lowest BCUT2D eigenvalue weighted by Crippen LogP contribution is -2.44. The second kappa shape index (κ2) is 9.37. The van der Waals surface area contributed by atoms with Gasteiger partial charge in [-0.2, -0.15) is 0 Å². The van der Waals surface area contributed by atoms with Crippen molar-refractivity contribution >= 4 is 40.8 Å². The van der Waals surface area contributed by atoms with Gasteiger partial charge >= 0.3 is 0 Å². The summed E-state index contributed by atoms with van der Waals surface area (Å²) in [6.45, 7) is 0.905. The molecule has 0 saturated heterocycles. The molecular formula is C19H20F2N6O3S. The molecule has 0 saturated carbocycles. The van der Waals surface area contributed by atoms with Crippen LogP contribution in [0.3, 0.4) is 0 Å². The van der Waals surface area contributed by atoms with E-state index in [4.69, 9.17) is 5.41 Å². The molecule has 3 rings (SSSR count). The summed E-state index contributed by atoms with van der Waals surface area (Å²) >= 11 is -0.184. The number of rotatable bonds is 8. The summed E-state index contributed by atoms with van der Waals surface area (Å²) in [6, 6.07) is 2.92. The smallest absolute Gasteiger partial charge is 0.255 e. The van der Waals surface area contributed by atoms with E-state index in [1.807, 2.05) is 0 Å². The minimum atomic E-state index is -1.02. The van der Waals surface area contributed by atoms with Crippen LogP contribution in [0.25, 0.3) is 11.2 Å². The first kappa shape index (κ1) is 22.6. The van der Waals surface area contributed by atoms with Crippen molar-refractivity contribution in [2.75, 3.05) is 19.0 Å². The Labute approximate surface area is 180 Å². The van der Waals surface area contributed by atoms with Gasteiger partial charge in [-0.1, -0.05) is 0 Å². The first-order valence-corrected chi connectivity index (χ1v) is 9.81. The number of hydrogen-bond donors (Lipinski definition) is 5. The third kappa shape index (κ3) is 4.50. The molecule has 0 fully saturated rings. The predicted octanol–water partition coefficient (Wildman–Crippen LogP) is 1.88. The summed E-state index contributed by atoms with van der Waals surface area (Å²) in [5, 5.41) is 32.7. The van der Waals surface area contributed by atoms with Crippen LogP contribution >= 0.6 is 12.3 Å². The Hall–Kier alpha value is -3.09. The summed E-state index contributed by atoms with van der Waals surface area (Å²) in [5.41, 5.74) is 0.764. The zero-order valence-electron chi connectivity index (χ0n) is 16.6. The van der Waals surface area contributed by atoms with Gasteiger partial charge in [0.2, 0.25) is 0 Å². The monoisotopic (exact) mass is 450 g/mol. The highest BCUT2D eigenvalue weighted by Gasteiger charge is 2.24. The summed E-state index contributed by atoms with van der Waals surface area (Å²) in [5.74, 6) is -1.18. The Balaban J connectivity index is 2.06. The fourth-order valence-electron chi connectivity index (χ4n) is 2.95. The topological polar surface area (TPSA) is 136 Å². The van der Waals surface area contributed by atoms with Crippen LogP contribution in [0.1, 0.15) is 28.5 Å². The summed E-state index contributed by atoms with van der Waals surface area (Å²) in [7, 11) is 1.58. The largest absolute Gasteiger partial charge is 0.394 e. The maximum Gasteiger partial charge on any atom is 0.255 e. The summed E-state index contributed by atoms with van der Waals surface area (Å²) in [4.78, 5) is 21.2. The zero-order chi connectivity index (χ0) is 22.7. The van der Waals surface area contributed by atoms with E-state index >= 15 is 0 Å². The number of carbonyl (C=O) groups is 1. The van der Waals surface area contributed by atoms with E-state index in [0.29, 0.717) is 11.3 Å². The van der Waals surface area contributed by atoms with E-state index in [2.05, 4.69) is 20.6 Å². The molecule has 2 heterocycles. The molecule has 5 N–H and O–H groups in total. The van der Waals surface area contributed by atoms with Gasteiger partial charge in [0.15, 0.2) is 18.0 Å². The number of aromatic nitrogens is 3. The second-order valence-electron chi connectivity index (χ2n) is 6.68. The molecule has 0 aliphatic rings. The lowest BCUT2D eigenvalue weighted by molar-refractivity contribution is 0.0759. The molecule has 164 valence electrons. The average Bonchev–Trinajstić information content (AvgIpc) is 3.14. The molecule has 31 heavy (non-hydrogen) atoms. The quantitative estimate of drug-likeness (QED) is 0.331. The highest BCUT2D eigenvalue weighted by Crippen LogP contribution is 2.25. The van der Waals surface area contributed by atoms with Crippen molar-refractivity contribution in [3.8, 4) is 0 Å². The van der Waals surface area contributed by atoms with E-state index < -0.39 is 30.5 Å². The summed E-state index contributed by atoms with van der Waals surface area (Å²) < 4.78 is 27.9. The number of aliphatic hydroxyl groups is 2. The van der Waals surface area contributed by atoms with Gasteiger partial charge in [-0.3, -0.25) is 10.2 Å². The number of fused-ring (bicyclic) bond motifs is 1. The molecule has 1 amide bonds. The zero-order valence-corrected chi connectivity index (χ0v) is 17.4. The van der Waals surface area contributed by atoms with Crippen molar-refractivity contribution in [2.45, 2.75) is 19.1 Å². The third-order valence-corrected chi connectivity index (χ3v) is 5.08. The van der Waals surface area contributed by atoms with Crippen LogP contribution in [0.5, 0.6) is 0 Å². The highest BCUT2D eigenvalue weighted by molar-refractivity contribution is 7.92. The van der Waals surface area contributed by atoms with Gasteiger partial charge in [-0.15, -0.1) is 3.89 Å². The highest BCUT2D eigenvalue weighted by atomic mass is 32.2. The van der Waals surface area contributed by atoms with Crippen molar-refractivity contribution in [1.82, 2.24) is 19.3 Å². The van der Waals surface area contributed by atoms with Gasteiger partial charge in [-0.05, 0) is 25.1 Å². The number of nitrogens with one attached hydrogen (secondary N) is 3. The van der Waals surface area contributed by atoms with Crippen molar-refractivity contribution < 1.29 is 23.3 Å². The Morgan fingerprint density at radius 1 is 1.39 bits per heavy atom. The maximum absolute atomic E-state index is 13.5. The van der Waals surface area contributed by atoms with Crippen molar-refractivity contribution in [1.29, 1.82) is 5.41 Å². The number of benzene rings is 1. The minimum absolute atomic E-state index is 0.0281. The second-order valence-corrected chi connectivity index (χ2v) is 7.21. The van der Waals surface area contributed by atoms with E-state index in [-0.39, 0.29) is 40.5 Å². The van der Waals surface area contributed by atoms with Crippen LogP contribution in [0.4, 0.5) is 14.0 Å². The van der Waals surface area contributed by atoms with Crippen molar-refractivity contribution in [2.24, 2.45) is 0 Å². The first-order chi connectivity index (χ1) is 14.8. The Morgan fingerprint density at radius 2 is 2.13 bits per heavy atom. The lowest BCUT2D eigenvalue weighted by atomic mass is 10.1. The lowest BCUT2D eigenvalue weighted by Gasteiger charge is -2.18. The molecule has 12 heteroatoms. The van der Waals surface area contributed by atoms with Crippen LogP contribution < -0.4 is 10.6 Å². The predicted molar refractivity (Wildman–Crippen MR) is 114 cm³/mol. The van der Waals surface area contributed by atoms with Crippen molar-refractivity contribution in [3.05, 3.63) is 53.2 Å². The number of anilines is 1. The number of aliphatic hydroxyl groups excluding tert-OH is 2. The van der Waals surface area contributed by atoms with Gasteiger partial charge in [-0.25, -0.2) is 18.3 Å². The number of nitrogens with zero attached hydrogens (tertiary/aromatic N) is 3. The number of amides is 1. The molecule has 9 nitrogen and oxygen atoms in total. The molecule has 0 aliphatic carbocycles. The van der Waals surface area contributed by atoms with E-state index in [1.165, 1.54) is 37.5 Å².